The van der Waals surface area contributed by atoms with Gasteiger partial charge in [-0.3, -0.25) is 9.63 Å². The zero-order valence-electron chi connectivity index (χ0n) is 16.0. The van der Waals surface area contributed by atoms with Crippen molar-refractivity contribution in [2.45, 2.75) is 11.8 Å². The number of anilines is 1. The summed E-state index contributed by atoms with van der Waals surface area (Å²) in [6, 6.07) is 7.62. The Kier molecular flexibility index (Phi) is 6.12. The Hall–Kier alpha value is -2.93. The van der Waals surface area contributed by atoms with Crippen LogP contribution in [0.2, 0.25) is 5.02 Å². The van der Waals surface area contributed by atoms with Gasteiger partial charge in [0.25, 0.3) is 15.9 Å². The van der Waals surface area contributed by atoms with Gasteiger partial charge in [0.15, 0.2) is 5.82 Å². The number of carbonyl (C=O) groups is 1. The average Bonchev–Trinajstić information content (AvgIpc) is 3.14. The fraction of sp³-hybridized carbons (Fsp3) is 0.176. The van der Waals surface area contributed by atoms with Gasteiger partial charge in [-0.1, -0.05) is 16.1 Å². The molecule has 0 aliphatic heterocycles. The molecule has 10 nitrogen and oxygen atoms in total. The zero-order valence-corrected chi connectivity index (χ0v) is 17.6. The van der Waals surface area contributed by atoms with Crippen LogP contribution in [0.5, 0.6) is 0 Å². The first-order valence-corrected chi connectivity index (χ1v) is 10.2. The van der Waals surface area contributed by atoms with Crippen LogP contribution in [0.3, 0.4) is 0 Å². The number of hydrogen-bond donors (Lipinski definition) is 1. The number of aromatic nitrogens is 4. The first-order valence-electron chi connectivity index (χ1n) is 8.34. The molecule has 0 radical (unpaired) electrons. The quantitative estimate of drug-likeness (QED) is 0.567. The highest BCUT2D eigenvalue weighted by molar-refractivity contribution is 7.89. The lowest BCUT2D eigenvalue weighted by Gasteiger charge is -2.16. The van der Waals surface area contributed by atoms with E-state index in [-0.39, 0.29) is 26.9 Å². The summed E-state index contributed by atoms with van der Waals surface area (Å²) in [4.78, 5) is 17.1. The van der Waals surface area contributed by atoms with Crippen LogP contribution in [-0.2, 0) is 14.9 Å². The van der Waals surface area contributed by atoms with Gasteiger partial charge in [-0.2, -0.15) is 4.68 Å². The Balaban J connectivity index is 1.92. The number of amides is 1. The predicted molar refractivity (Wildman–Crippen MR) is 105 cm³/mol. The van der Waals surface area contributed by atoms with Crippen molar-refractivity contribution >= 4 is 33.2 Å². The van der Waals surface area contributed by atoms with Gasteiger partial charge in [-0.15, -0.1) is 5.10 Å². The molecule has 0 aliphatic rings. The van der Waals surface area contributed by atoms with Crippen molar-refractivity contribution in [2.24, 2.45) is 0 Å². The first kappa shape index (κ1) is 21.8. The number of hydrogen-bond acceptors (Lipinski definition) is 7. The van der Waals surface area contributed by atoms with E-state index < -0.39 is 21.7 Å². The van der Waals surface area contributed by atoms with Gasteiger partial charge in [-0.05, 0) is 53.7 Å². The van der Waals surface area contributed by atoms with Crippen molar-refractivity contribution < 1.29 is 22.4 Å². The summed E-state index contributed by atoms with van der Waals surface area (Å²) in [7, 11) is -1.70. The minimum atomic E-state index is -4.07. The van der Waals surface area contributed by atoms with E-state index in [0.29, 0.717) is 10.3 Å². The number of hydroxylamine groups is 1. The lowest BCUT2D eigenvalue weighted by Crippen LogP contribution is -2.26. The van der Waals surface area contributed by atoms with E-state index in [1.165, 1.54) is 43.1 Å². The van der Waals surface area contributed by atoms with E-state index in [9.17, 15) is 17.6 Å². The standard InChI is InChI=1S/C17H16ClFN6O4S/c1-10-21-22-23-25(10)15-9-12(5-7-14(15)19)20-17(26)11-4-6-13(18)16(8-11)30(27,28)24(2)29-3/h4-9H,1-3H3,(H,20,26). The van der Waals surface area contributed by atoms with Gasteiger partial charge in [0.2, 0.25) is 0 Å². The van der Waals surface area contributed by atoms with Gasteiger partial charge in [0, 0.05) is 18.3 Å². The molecule has 1 N–H and O–H groups in total. The molecule has 0 bridgehead atoms. The molecule has 0 saturated heterocycles. The maximum absolute atomic E-state index is 14.2. The van der Waals surface area contributed by atoms with Crippen molar-refractivity contribution in [3.05, 3.63) is 58.6 Å². The third kappa shape index (κ3) is 4.16. The average molecular weight is 455 g/mol. The third-order valence-corrected chi connectivity index (χ3v) is 6.29. The van der Waals surface area contributed by atoms with Gasteiger partial charge in [-0.25, -0.2) is 12.8 Å². The largest absolute Gasteiger partial charge is 0.322 e. The number of carbonyl (C=O) groups excluding carboxylic acids is 1. The molecule has 0 unspecified atom stereocenters. The van der Waals surface area contributed by atoms with E-state index in [4.69, 9.17) is 16.4 Å². The Labute approximate surface area is 176 Å². The summed E-state index contributed by atoms with van der Waals surface area (Å²) < 4.78 is 41.0. The number of sulfonamides is 1. The van der Waals surface area contributed by atoms with E-state index in [1.807, 2.05) is 0 Å². The number of rotatable bonds is 6. The summed E-state index contributed by atoms with van der Waals surface area (Å²) in [5.41, 5.74) is 0.308. The van der Waals surface area contributed by atoms with Crippen molar-refractivity contribution in [3.63, 3.8) is 0 Å². The van der Waals surface area contributed by atoms with Crippen LogP contribution >= 0.6 is 11.6 Å². The van der Waals surface area contributed by atoms with Crippen LogP contribution in [0.1, 0.15) is 16.2 Å². The fourth-order valence-corrected chi connectivity index (χ4v) is 3.96. The van der Waals surface area contributed by atoms with Crippen molar-refractivity contribution in [2.75, 3.05) is 19.5 Å². The molecule has 30 heavy (non-hydrogen) atoms. The second kappa shape index (κ2) is 8.44. The number of halogens is 2. The summed E-state index contributed by atoms with van der Waals surface area (Å²) in [6.07, 6.45) is 0. The number of nitrogens with zero attached hydrogens (tertiary/aromatic N) is 5. The summed E-state index contributed by atoms with van der Waals surface area (Å²) in [5.74, 6) is -0.868. The normalized spacial score (nSPS) is 11.7. The summed E-state index contributed by atoms with van der Waals surface area (Å²) in [6.45, 7) is 1.59. The van der Waals surface area contributed by atoms with E-state index in [0.717, 1.165) is 12.1 Å². The number of nitrogens with one attached hydrogen (secondary N) is 1. The highest BCUT2D eigenvalue weighted by atomic mass is 35.5. The second-order valence-corrected chi connectivity index (χ2v) is 8.31. The minimum Gasteiger partial charge on any atom is -0.322 e. The maximum Gasteiger partial charge on any atom is 0.266 e. The summed E-state index contributed by atoms with van der Waals surface area (Å²) in [5, 5.41) is 13.4. The lowest BCUT2D eigenvalue weighted by atomic mass is 10.2. The smallest absolute Gasteiger partial charge is 0.266 e. The molecule has 0 spiro atoms. The maximum atomic E-state index is 14.2. The highest BCUT2D eigenvalue weighted by Crippen LogP contribution is 2.26. The molecule has 13 heteroatoms. The number of tetrazole rings is 1. The Morgan fingerprint density at radius 3 is 2.63 bits per heavy atom. The third-order valence-electron chi connectivity index (χ3n) is 4.12. The molecule has 0 aliphatic carbocycles. The Bertz CT molecular complexity index is 1220. The molecule has 0 atom stereocenters. The molecule has 1 amide bonds. The van der Waals surface area contributed by atoms with Crippen LogP contribution in [0, 0.1) is 12.7 Å². The SMILES string of the molecule is CON(C)S(=O)(=O)c1cc(C(=O)Nc2ccc(F)c(-n3nnnc3C)c2)ccc1Cl. The van der Waals surface area contributed by atoms with E-state index in [1.54, 1.807) is 6.92 Å². The molecular formula is C17H16ClFN6O4S. The Morgan fingerprint density at radius 2 is 2.00 bits per heavy atom. The van der Waals surface area contributed by atoms with Crippen LogP contribution < -0.4 is 5.32 Å². The van der Waals surface area contributed by atoms with Gasteiger partial charge in [0.05, 0.1) is 12.1 Å². The van der Waals surface area contributed by atoms with E-state index >= 15 is 0 Å². The zero-order chi connectivity index (χ0) is 22.1. The van der Waals surface area contributed by atoms with E-state index in [2.05, 4.69) is 20.8 Å². The van der Waals surface area contributed by atoms with Crippen molar-refractivity contribution in [3.8, 4) is 5.69 Å². The molecule has 3 aromatic rings. The molecule has 1 heterocycles. The second-order valence-electron chi connectivity index (χ2n) is 6.00. The fourth-order valence-electron chi connectivity index (χ4n) is 2.49. The van der Waals surface area contributed by atoms with Crippen molar-refractivity contribution in [1.29, 1.82) is 0 Å². The van der Waals surface area contributed by atoms with Crippen LogP contribution in [0.4, 0.5) is 10.1 Å². The molecule has 0 saturated carbocycles. The van der Waals surface area contributed by atoms with Crippen LogP contribution in [0.15, 0.2) is 41.3 Å². The van der Waals surface area contributed by atoms with Gasteiger partial charge < -0.3 is 5.32 Å². The monoisotopic (exact) mass is 454 g/mol. The molecule has 0 fully saturated rings. The molecule has 3 rings (SSSR count). The van der Waals surface area contributed by atoms with Gasteiger partial charge in [0.1, 0.15) is 16.4 Å². The highest BCUT2D eigenvalue weighted by Gasteiger charge is 2.25. The molecule has 2 aromatic carbocycles. The first-order chi connectivity index (χ1) is 14.1. The minimum absolute atomic E-state index is 0.0203. The van der Waals surface area contributed by atoms with Crippen molar-refractivity contribution in [1.82, 2.24) is 24.7 Å². The predicted octanol–water partition coefficient (Wildman–Crippen LogP) is 2.20. The number of benzene rings is 2. The lowest BCUT2D eigenvalue weighted by molar-refractivity contribution is -0.0258. The van der Waals surface area contributed by atoms with Gasteiger partial charge >= 0.3 is 0 Å². The van der Waals surface area contributed by atoms with Crippen LogP contribution in [0.25, 0.3) is 5.69 Å². The Morgan fingerprint density at radius 1 is 1.27 bits per heavy atom. The summed E-state index contributed by atoms with van der Waals surface area (Å²) >= 11 is 6.00. The molecule has 1 aromatic heterocycles. The number of aryl methyl sites for hydroxylation is 1. The van der Waals surface area contributed by atoms with Crippen LogP contribution in [-0.4, -0.2) is 53.2 Å². The topological polar surface area (TPSA) is 119 Å². The molecule has 158 valence electrons. The molecular weight excluding hydrogens is 439 g/mol.